The van der Waals surface area contributed by atoms with E-state index in [1.54, 1.807) is 0 Å². The van der Waals surface area contributed by atoms with E-state index in [-0.39, 0.29) is 11.9 Å². The van der Waals surface area contributed by atoms with Gasteiger partial charge in [-0.2, -0.15) is 0 Å². The van der Waals surface area contributed by atoms with Gasteiger partial charge in [-0.25, -0.2) is 0 Å². The van der Waals surface area contributed by atoms with Crippen LogP contribution < -0.4 is 5.73 Å². The van der Waals surface area contributed by atoms with Gasteiger partial charge in [0.1, 0.15) is 6.04 Å². The van der Waals surface area contributed by atoms with Gasteiger partial charge >= 0.3 is 0 Å². The zero-order chi connectivity index (χ0) is 13.0. The third-order valence-corrected chi connectivity index (χ3v) is 3.80. The summed E-state index contributed by atoms with van der Waals surface area (Å²) in [7, 11) is 0. The van der Waals surface area contributed by atoms with E-state index in [2.05, 4.69) is 11.8 Å². The minimum absolute atomic E-state index is 0.240. The fourth-order valence-corrected chi connectivity index (χ4v) is 2.73. The SMILES string of the molecule is C[C@@H]1CCCN([C@H](C(N)=O)c2ccccc2)CC1. The molecule has 98 valence electrons. The van der Waals surface area contributed by atoms with Crippen molar-refractivity contribution in [2.75, 3.05) is 13.1 Å². The molecule has 1 saturated heterocycles. The summed E-state index contributed by atoms with van der Waals surface area (Å²) in [5.74, 6) is 0.509. The topological polar surface area (TPSA) is 46.3 Å². The van der Waals surface area contributed by atoms with E-state index in [4.69, 9.17) is 5.73 Å². The molecule has 18 heavy (non-hydrogen) atoms. The number of rotatable bonds is 3. The van der Waals surface area contributed by atoms with Crippen molar-refractivity contribution in [1.82, 2.24) is 4.90 Å². The van der Waals surface area contributed by atoms with Crippen LogP contribution in [0.4, 0.5) is 0 Å². The predicted octanol–water partition coefficient (Wildman–Crippen LogP) is 2.33. The second-order valence-electron chi connectivity index (χ2n) is 5.29. The van der Waals surface area contributed by atoms with E-state index >= 15 is 0 Å². The Morgan fingerprint density at radius 1 is 1.28 bits per heavy atom. The highest BCUT2D eigenvalue weighted by Crippen LogP contribution is 2.25. The normalized spacial score (nSPS) is 23.3. The maximum atomic E-state index is 11.8. The number of primary amides is 1. The summed E-state index contributed by atoms with van der Waals surface area (Å²) in [6.45, 7) is 4.21. The molecule has 1 aromatic rings. The minimum atomic E-state index is -0.267. The number of carbonyl (C=O) groups is 1. The number of hydrogen-bond donors (Lipinski definition) is 1. The van der Waals surface area contributed by atoms with Gasteiger partial charge in [0.25, 0.3) is 0 Å². The lowest BCUT2D eigenvalue weighted by atomic mass is 10.0. The third-order valence-electron chi connectivity index (χ3n) is 3.80. The van der Waals surface area contributed by atoms with E-state index in [1.807, 2.05) is 30.3 Å². The van der Waals surface area contributed by atoms with Crippen molar-refractivity contribution in [3.8, 4) is 0 Å². The molecule has 1 heterocycles. The molecule has 0 spiro atoms. The quantitative estimate of drug-likeness (QED) is 0.889. The molecular formula is C15H22N2O. The first-order chi connectivity index (χ1) is 8.68. The molecule has 2 rings (SSSR count). The van der Waals surface area contributed by atoms with Gasteiger partial charge in [-0.05, 0) is 43.8 Å². The van der Waals surface area contributed by atoms with E-state index < -0.39 is 0 Å². The number of benzene rings is 1. The Kier molecular flexibility index (Phi) is 4.37. The van der Waals surface area contributed by atoms with Crippen LogP contribution in [0.15, 0.2) is 30.3 Å². The molecule has 0 aromatic heterocycles. The maximum Gasteiger partial charge on any atom is 0.239 e. The highest BCUT2D eigenvalue weighted by Gasteiger charge is 2.27. The van der Waals surface area contributed by atoms with Crippen LogP contribution in [0.1, 0.15) is 37.8 Å². The average Bonchev–Trinajstić information content (AvgIpc) is 2.56. The van der Waals surface area contributed by atoms with Crippen molar-refractivity contribution in [3.05, 3.63) is 35.9 Å². The van der Waals surface area contributed by atoms with Crippen LogP contribution in [-0.4, -0.2) is 23.9 Å². The first-order valence-corrected chi connectivity index (χ1v) is 6.77. The van der Waals surface area contributed by atoms with Crippen molar-refractivity contribution in [3.63, 3.8) is 0 Å². The Labute approximate surface area is 109 Å². The Hall–Kier alpha value is -1.35. The molecule has 0 aliphatic carbocycles. The molecule has 1 aliphatic heterocycles. The summed E-state index contributed by atoms with van der Waals surface area (Å²) in [5.41, 5.74) is 6.62. The number of carbonyl (C=O) groups excluding carboxylic acids is 1. The molecule has 0 radical (unpaired) electrons. The maximum absolute atomic E-state index is 11.8. The van der Waals surface area contributed by atoms with E-state index in [0.29, 0.717) is 0 Å². The Morgan fingerprint density at radius 2 is 2.00 bits per heavy atom. The molecule has 0 saturated carbocycles. The highest BCUT2D eigenvalue weighted by atomic mass is 16.1. The highest BCUT2D eigenvalue weighted by molar-refractivity contribution is 5.81. The largest absolute Gasteiger partial charge is 0.368 e. The van der Waals surface area contributed by atoms with Crippen molar-refractivity contribution in [2.24, 2.45) is 11.7 Å². The van der Waals surface area contributed by atoms with Gasteiger partial charge in [0.2, 0.25) is 5.91 Å². The van der Waals surface area contributed by atoms with Crippen LogP contribution in [0.25, 0.3) is 0 Å². The van der Waals surface area contributed by atoms with Gasteiger partial charge in [0.05, 0.1) is 0 Å². The van der Waals surface area contributed by atoms with Crippen molar-refractivity contribution < 1.29 is 4.79 Å². The number of amides is 1. The van der Waals surface area contributed by atoms with Gasteiger partial charge in [-0.15, -0.1) is 0 Å². The smallest absolute Gasteiger partial charge is 0.239 e. The van der Waals surface area contributed by atoms with Crippen molar-refractivity contribution in [1.29, 1.82) is 0 Å². The van der Waals surface area contributed by atoms with Gasteiger partial charge in [0.15, 0.2) is 0 Å². The Bertz CT molecular complexity index is 391. The molecular weight excluding hydrogens is 224 g/mol. The standard InChI is InChI=1S/C15H22N2O/c1-12-6-5-10-17(11-9-12)14(15(16)18)13-7-3-2-4-8-13/h2-4,7-8,12,14H,5-6,9-11H2,1H3,(H2,16,18)/t12-,14+/m1/s1. The van der Waals surface area contributed by atoms with Gasteiger partial charge < -0.3 is 5.73 Å². The molecule has 1 aliphatic rings. The van der Waals surface area contributed by atoms with E-state index in [0.717, 1.165) is 37.4 Å². The fourth-order valence-electron chi connectivity index (χ4n) is 2.73. The second kappa shape index (κ2) is 6.01. The zero-order valence-electron chi connectivity index (χ0n) is 11.0. The number of nitrogens with zero attached hydrogens (tertiary/aromatic N) is 1. The molecule has 2 N–H and O–H groups in total. The lowest BCUT2D eigenvalue weighted by Gasteiger charge is -2.28. The molecule has 1 fully saturated rings. The average molecular weight is 246 g/mol. The molecule has 1 aromatic carbocycles. The summed E-state index contributed by atoms with van der Waals surface area (Å²) >= 11 is 0. The molecule has 3 nitrogen and oxygen atoms in total. The second-order valence-corrected chi connectivity index (χ2v) is 5.29. The third kappa shape index (κ3) is 3.10. The van der Waals surface area contributed by atoms with Crippen molar-refractivity contribution >= 4 is 5.91 Å². The Balaban J connectivity index is 2.17. The van der Waals surface area contributed by atoms with Gasteiger partial charge in [-0.1, -0.05) is 37.3 Å². The van der Waals surface area contributed by atoms with Gasteiger partial charge in [-0.3, -0.25) is 9.69 Å². The van der Waals surface area contributed by atoms with Crippen LogP contribution in [0.2, 0.25) is 0 Å². The van der Waals surface area contributed by atoms with Crippen LogP contribution in [0.5, 0.6) is 0 Å². The van der Waals surface area contributed by atoms with Crippen molar-refractivity contribution in [2.45, 2.75) is 32.2 Å². The number of nitrogens with two attached hydrogens (primary N) is 1. The zero-order valence-corrected chi connectivity index (χ0v) is 11.0. The minimum Gasteiger partial charge on any atom is -0.368 e. The number of likely N-dealkylation sites (tertiary alicyclic amines) is 1. The van der Waals surface area contributed by atoms with Crippen LogP contribution in [0, 0.1) is 5.92 Å². The fraction of sp³-hybridized carbons (Fsp3) is 0.533. The molecule has 3 heteroatoms. The molecule has 0 bridgehead atoms. The first kappa shape index (κ1) is 13.1. The first-order valence-electron chi connectivity index (χ1n) is 6.77. The summed E-state index contributed by atoms with van der Waals surface area (Å²) in [5, 5.41) is 0. The lowest BCUT2D eigenvalue weighted by molar-refractivity contribution is -0.123. The van der Waals surface area contributed by atoms with Crippen LogP contribution >= 0.6 is 0 Å². The summed E-state index contributed by atoms with van der Waals surface area (Å²) in [4.78, 5) is 14.0. The van der Waals surface area contributed by atoms with Crippen LogP contribution in [-0.2, 0) is 4.79 Å². The molecule has 2 atom stereocenters. The summed E-state index contributed by atoms with van der Waals surface area (Å²) < 4.78 is 0. The van der Waals surface area contributed by atoms with E-state index in [1.165, 1.54) is 6.42 Å². The summed E-state index contributed by atoms with van der Waals surface area (Å²) in [6, 6.07) is 9.60. The van der Waals surface area contributed by atoms with Gasteiger partial charge in [0, 0.05) is 0 Å². The molecule has 1 amide bonds. The lowest BCUT2D eigenvalue weighted by Crippen LogP contribution is -2.38. The molecule has 0 unspecified atom stereocenters. The number of hydrogen-bond acceptors (Lipinski definition) is 2. The summed E-state index contributed by atoms with van der Waals surface area (Å²) in [6.07, 6.45) is 3.55. The monoisotopic (exact) mass is 246 g/mol. The van der Waals surface area contributed by atoms with Crippen LogP contribution in [0.3, 0.4) is 0 Å². The Morgan fingerprint density at radius 3 is 2.67 bits per heavy atom. The van der Waals surface area contributed by atoms with E-state index in [9.17, 15) is 4.79 Å². The predicted molar refractivity (Wildman–Crippen MR) is 73.0 cm³/mol.